The molecule has 1 aliphatic rings. The van der Waals surface area contributed by atoms with E-state index >= 15 is 0 Å². The molecule has 0 amide bonds. The summed E-state index contributed by atoms with van der Waals surface area (Å²) in [5.41, 5.74) is 0.990. The number of nitrogens with zero attached hydrogens (tertiary/aromatic N) is 2. The lowest BCUT2D eigenvalue weighted by atomic mass is 10.2. The normalized spacial score (nSPS) is 13.5. The van der Waals surface area contributed by atoms with Gasteiger partial charge >= 0.3 is 0 Å². The molecule has 4 heteroatoms. The van der Waals surface area contributed by atoms with Gasteiger partial charge in [-0.2, -0.15) is 0 Å². The SMILES string of the molecule is CCCCCCOc1ccc(-c2ncc(OCCCCC3CC3)cn2)cc1. The van der Waals surface area contributed by atoms with Gasteiger partial charge in [0.25, 0.3) is 0 Å². The second kappa shape index (κ2) is 10.9. The summed E-state index contributed by atoms with van der Waals surface area (Å²) in [6.45, 7) is 3.75. The highest BCUT2D eigenvalue weighted by Crippen LogP contribution is 2.33. The maximum absolute atomic E-state index is 5.78. The number of rotatable bonds is 13. The third-order valence-corrected chi connectivity index (χ3v) is 4.98. The van der Waals surface area contributed by atoms with E-state index in [9.17, 15) is 0 Å². The maximum Gasteiger partial charge on any atom is 0.159 e. The molecule has 0 atom stereocenters. The topological polar surface area (TPSA) is 44.2 Å². The summed E-state index contributed by atoms with van der Waals surface area (Å²) in [6.07, 6.45) is 15.0. The van der Waals surface area contributed by atoms with Crippen LogP contribution < -0.4 is 9.47 Å². The molecule has 1 aromatic carbocycles. The molecule has 1 fully saturated rings. The molecule has 1 saturated carbocycles. The van der Waals surface area contributed by atoms with Gasteiger partial charge in [0.15, 0.2) is 11.6 Å². The number of hydrogen-bond acceptors (Lipinski definition) is 4. The van der Waals surface area contributed by atoms with Crippen LogP contribution in [0.2, 0.25) is 0 Å². The predicted octanol–water partition coefficient (Wildman–Crippen LogP) is 6.06. The van der Waals surface area contributed by atoms with E-state index in [1.54, 1.807) is 12.4 Å². The van der Waals surface area contributed by atoms with Crippen LogP contribution in [-0.4, -0.2) is 23.2 Å². The van der Waals surface area contributed by atoms with E-state index < -0.39 is 0 Å². The predicted molar refractivity (Wildman–Crippen MR) is 109 cm³/mol. The Kier molecular flexibility index (Phi) is 7.94. The lowest BCUT2D eigenvalue weighted by Crippen LogP contribution is -1.99. The summed E-state index contributed by atoms with van der Waals surface area (Å²) < 4.78 is 11.5. The third kappa shape index (κ3) is 7.20. The zero-order valence-corrected chi connectivity index (χ0v) is 16.5. The van der Waals surface area contributed by atoms with Gasteiger partial charge < -0.3 is 9.47 Å². The molecule has 0 saturated heterocycles. The van der Waals surface area contributed by atoms with Crippen LogP contribution in [0.4, 0.5) is 0 Å². The van der Waals surface area contributed by atoms with E-state index in [0.29, 0.717) is 5.82 Å². The Morgan fingerprint density at radius 1 is 0.815 bits per heavy atom. The first-order valence-corrected chi connectivity index (χ1v) is 10.5. The molecule has 0 radical (unpaired) electrons. The van der Waals surface area contributed by atoms with Gasteiger partial charge in [-0.05, 0) is 49.4 Å². The van der Waals surface area contributed by atoms with Crippen LogP contribution in [0.3, 0.4) is 0 Å². The fraction of sp³-hybridized carbons (Fsp3) is 0.565. The molecule has 4 nitrogen and oxygen atoms in total. The zero-order valence-electron chi connectivity index (χ0n) is 16.5. The van der Waals surface area contributed by atoms with E-state index in [-0.39, 0.29) is 0 Å². The molecule has 0 unspecified atom stereocenters. The molecule has 0 bridgehead atoms. The van der Waals surface area contributed by atoms with Crippen molar-refractivity contribution in [3.8, 4) is 22.9 Å². The van der Waals surface area contributed by atoms with Crippen molar-refractivity contribution in [2.24, 2.45) is 5.92 Å². The van der Waals surface area contributed by atoms with Crippen molar-refractivity contribution in [1.29, 1.82) is 0 Å². The number of benzene rings is 1. The Morgan fingerprint density at radius 3 is 2.15 bits per heavy atom. The lowest BCUT2D eigenvalue weighted by molar-refractivity contribution is 0.301. The monoisotopic (exact) mass is 368 g/mol. The van der Waals surface area contributed by atoms with Gasteiger partial charge in [-0.25, -0.2) is 9.97 Å². The van der Waals surface area contributed by atoms with E-state index in [4.69, 9.17) is 9.47 Å². The van der Waals surface area contributed by atoms with Crippen molar-refractivity contribution >= 4 is 0 Å². The van der Waals surface area contributed by atoms with Gasteiger partial charge in [0.05, 0.1) is 25.6 Å². The third-order valence-electron chi connectivity index (χ3n) is 4.98. The highest BCUT2D eigenvalue weighted by molar-refractivity contribution is 5.56. The van der Waals surface area contributed by atoms with Crippen molar-refractivity contribution in [1.82, 2.24) is 9.97 Å². The standard InChI is InChI=1S/C23H32N2O2/c1-2-3-4-6-15-26-21-13-11-20(12-14-21)23-24-17-22(18-25-23)27-16-7-5-8-19-9-10-19/h11-14,17-19H,2-10,15-16H2,1H3. The van der Waals surface area contributed by atoms with Crippen molar-refractivity contribution in [3.63, 3.8) is 0 Å². The Bertz CT molecular complexity index is 651. The maximum atomic E-state index is 5.78. The van der Waals surface area contributed by atoms with Crippen LogP contribution in [0, 0.1) is 5.92 Å². The summed E-state index contributed by atoms with van der Waals surface area (Å²) in [5.74, 6) is 3.37. The minimum atomic E-state index is 0.713. The number of hydrogen-bond donors (Lipinski definition) is 0. The summed E-state index contributed by atoms with van der Waals surface area (Å²) in [6, 6.07) is 8.00. The van der Waals surface area contributed by atoms with E-state index in [0.717, 1.165) is 49.0 Å². The first-order valence-electron chi connectivity index (χ1n) is 10.5. The van der Waals surface area contributed by atoms with Crippen LogP contribution in [-0.2, 0) is 0 Å². The highest BCUT2D eigenvalue weighted by Gasteiger charge is 2.19. The molecule has 0 spiro atoms. The summed E-state index contributed by atoms with van der Waals surface area (Å²) >= 11 is 0. The average molecular weight is 369 g/mol. The van der Waals surface area contributed by atoms with Crippen LogP contribution >= 0.6 is 0 Å². The molecule has 0 N–H and O–H groups in total. The van der Waals surface area contributed by atoms with Crippen LogP contribution in [0.15, 0.2) is 36.7 Å². The molecule has 2 aromatic rings. The molecular weight excluding hydrogens is 336 g/mol. The van der Waals surface area contributed by atoms with Gasteiger partial charge in [0, 0.05) is 5.56 Å². The van der Waals surface area contributed by atoms with E-state index in [1.165, 1.54) is 44.9 Å². The second-order valence-corrected chi connectivity index (χ2v) is 7.46. The van der Waals surface area contributed by atoms with Crippen molar-refractivity contribution < 1.29 is 9.47 Å². The molecule has 1 aliphatic carbocycles. The number of aromatic nitrogens is 2. The van der Waals surface area contributed by atoms with Gasteiger partial charge in [-0.1, -0.05) is 45.4 Å². The Hall–Kier alpha value is -2.10. The molecule has 3 rings (SSSR count). The van der Waals surface area contributed by atoms with Gasteiger partial charge in [-0.3, -0.25) is 0 Å². The lowest BCUT2D eigenvalue weighted by Gasteiger charge is -2.08. The second-order valence-electron chi connectivity index (χ2n) is 7.46. The molecular formula is C23H32N2O2. The van der Waals surface area contributed by atoms with Crippen LogP contribution in [0.1, 0.15) is 64.7 Å². The zero-order chi connectivity index (χ0) is 18.7. The van der Waals surface area contributed by atoms with Crippen molar-refractivity contribution in [3.05, 3.63) is 36.7 Å². The van der Waals surface area contributed by atoms with Crippen molar-refractivity contribution in [2.45, 2.75) is 64.7 Å². The largest absolute Gasteiger partial charge is 0.494 e. The summed E-state index contributed by atoms with van der Waals surface area (Å²) in [4.78, 5) is 8.87. The molecule has 146 valence electrons. The minimum Gasteiger partial charge on any atom is -0.494 e. The fourth-order valence-corrected chi connectivity index (χ4v) is 3.09. The first kappa shape index (κ1) is 19.7. The summed E-state index contributed by atoms with van der Waals surface area (Å²) in [5, 5.41) is 0. The average Bonchev–Trinajstić information content (AvgIpc) is 3.53. The highest BCUT2D eigenvalue weighted by atomic mass is 16.5. The Morgan fingerprint density at radius 2 is 1.48 bits per heavy atom. The van der Waals surface area contributed by atoms with Crippen LogP contribution in [0.5, 0.6) is 11.5 Å². The molecule has 0 aliphatic heterocycles. The van der Waals surface area contributed by atoms with Gasteiger partial charge in [-0.15, -0.1) is 0 Å². The van der Waals surface area contributed by atoms with Gasteiger partial charge in [0.1, 0.15) is 5.75 Å². The first-order chi connectivity index (χ1) is 13.3. The molecule has 1 aromatic heterocycles. The Labute approximate surface area is 163 Å². The number of ether oxygens (including phenoxy) is 2. The molecule has 27 heavy (non-hydrogen) atoms. The smallest absolute Gasteiger partial charge is 0.159 e. The van der Waals surface area contributed by atoms with Crippen LogP contribution in [0.25, 0.3) is 11.4 Å². The molecule has 1 heterocycles. The summed E-state index contributed by atoms with van der Waals surface area (Å²) in [7, 11) is 0. The van der Waals surface area contributed by atoms with E-state index in [1.807, 2.05) is 24.3 Å². The Balaban J connectivity index is 1.39. The fourth-order valence-electron chi connectivity index (χ4n) is 3.09. The van der Waals surface area contributed by atoms with Gasteiger partial charge in [0.2, 0.25) is 0 Å². The number of unbranched alkanes of at least 4 members (excludes halogenated alkanes) is 4. The quantitative estimate of drug-likeness (QED) is 0.403. The minimum absolute atomic E-state index is 0.713. The van der Waals surface area contributed by atoms with E-state index in [2.05, 4.69) is 16.9 Å². The van der Waals surface area contributed by atoms with Crippen molar-refractivity contribution in [2.75, 3.05) is 13.2 Å².